The molecule has 0 aromatic carbocycles. The first-order chi connectivity index (χ1) is 5.19. The number of ether oxygens (including phenoxy) is 1. The van der Waals surface area contributed by atoms with Gasteiger partial charge in [-0.2, -0.15) is 0 Å². The number of morpholine rings is 1. The first-order valence-corrected chi connectivity index (χ1v) is 4.36. The van der Waals surface area contributed by atoms with E-state index in [9.17, 15) is 0 Å². The quantitative estimate of drug-likeness (QED) is 0.543. The molecule has 0 aliphatic carbocycles. The Kier molecular flexibility index (Phi) is 1.55. The molecule has 1 unspecified atom stereocenters. The molecule has 0 saturated carbocycles. The maximum Gasteiger partial charge on any atom is 0.111 e. The molecule has 2 aliphatic heterocycles. The zero-order chi connectivity index (χ0) is 8.06. The van der Waals surface area contributed by atoms with Gasteiger partial charge in [-0.15, -0.1) is 0 Å². The molecule has 2 bridgehead atoms. The van der Waals surface area contributed by atoms with Crippen LogP contribution >= 0.6 is 0 Å². The van der Waals surface area contributed by atoms with E-state index in [1.54, 1.807) is 0 Å². The van der Waals surface area contributed by atoms with E-state index in [1.165, 1.54) is 0 Å². The van der Waals surface area contributed by atoms with Crippen LogP contribution in [0.1, 0.15) is 20.3 Å². The van der Waals surface area contributed by atoms with Gasteiger partial charge in [-0.05, 0) is 6.42 Å². The number of hydrogen-bond donors (Lipinski definition) is 1. The van der Waals surface area contributed by atoms with Crippen LogP contribution < -0.4 is 5.32 Å². The summed E-state index contributed by atoms with van der Waals surface area (Å²) >= 11 is 0. The van der Waals surface area contributed by atoms with Crippen molar-refractivity contribution in [1.29, 1.82) is 0 Å². The van der Waals surface area contributed by atoms with E-state index in [-0.39, 0.29) is 11.6 Å². The number of nitrogens with one attached hydrogen (secondary N) is 1. The molecule has 2 fully saturated rings. The minimum absolute atomic E-state index is 0.0457. The molecule has 0 amide bonds. The van der Waals surface area contributed by atoms with Crippen molar-refractivity contribution in [2.24, 2.45) is 5.92 Å². The normalized spacial score (nSPS) is 55.3. The van der Waals surface area contributed by atoms with Crippen molar-refractivity contribution in [2.45, 2.75) is 37.9 Å². The van der Waals surface area contributed by atoms with Crippen molar-refractivity contribution in [3.63, 3.8) is 0 Å². The Bertz CT molecular complexity index is 175. The standard InChI is InChI=1S/C8H14BNO/c1-3-8-4-10-6(5(8)2)7(9)11-8/h5-7,10H,3-4H2,1-2H3/t5-,6?,7+,8+/m0/s1. The zero-order valence-electron chi connectivity index (χ0n) is 7.13. The van der Waals surface area contributed by atoms with Crippen molar-refractivity contribution in [2.75, 3.05) is 6.54 Å². The summed E-state index contributed by atoms with van der Waals surface area (Å²) in [4.78, 5) is 0. The molecule has 1 N–H and O–H groups in total. The average Bonchev–Trinajstić information content (AvgIpc) is 2.42. The van der Waals surface area contributed by atoms with Crippen LogP contribution in [0.15, 0.2) is 0 Å². The molecular weight excluding hydrogens is 137 g/mol. The summed E-state index contributed by atoms with van der Waals surface area (Å²) in [5.74, 6) is 0.572. The van der Waals surface area contributed by atoms with E-state index in [2.05, 4.69) is 19.2 Å². The minimum Gasteiger partial charge on any atom is -0.378 e. The van der Waals surface area contributed by atoms with Gasteiger partial charge in [0.15, 0.2) is 0 Å². The van der Waals surface area contributed by atoms with Crippen LogP contribution in [0.2, 0.25) is 0 Å². The Hall–Kier alpha value is -0.0151. The molecule has 0 spiro atoms. The van der Waals surface area contributed by atoms with E-state index < -0.39 is 0 Å². The van der Waals surface area contributed by atoms with Gasteiger partial charge in [0.05, 0.1) is 5.60 Å². The first kappa shape index (κ1) is 7.62. The second-order valence-corrected chi connectivity index (χ2v) is 3.70. The SMILES string of the molecule is [B][C@@H]1O[C@]2(CC)CNC1[C@@H]2C. The third-order valence-corrected chi connectivity index (χ3v) is 3.33. The van der Waals surface area contributed by atoms with Crippen molar-refractivity contribution in [3.05, 3.63) is 0 Å². The van der Waals surface area contributed by atoms with Gasteiger partial charge in [-0.25, -0.2) is 0 Å². The monoisotopic (exact) mass is 151 g/mol. The fourth-order valence-corrected chi connectivity index (χ4v) is 2.38. The van der Waals surface area contributed by atoms with Crippen LogP contribution in [0.3, 0.4) is 0 Å². The molecule has 0 aromatic rings. The Balaban J connectivity index is 2.24. The minimum atomic E-state index is -0.0845. The van der Waals surface area contributed by atoms with Crippen molar-refractivity contribution < 1.29 is 4.74 Å². The Morgan fingerprint density at radius 3 is 2.73 bits per heavy atom. The zero-order valence-corrected chi connectivity index (χ0v) is 7.13. The smallest absolute Gasteiger partial charge is 0.111 e. The molecule has 2 rings (SSSR count). The third kappa shape index (κ3) is 0.813. The van der Waals surface area contributed by atoms with Crippen molar-refractivity contribution >= 4 is 7.85 Å². The Morgan fingerprint density at radius 2 is 2.45 bits per heavy atom. The van der Waals surface area contributed by atoms with Crippen LogP contribution in [0, 0.1) is 5.92 Å². The predicted molar refractivity (Wildman–Crippen MR) is 44.6 cm³/mol. The second kappa shape index (κ2) is 2.24. The van der Waals surface area contributed by atoms with E-state index in [0.717, 1.165) is 13.0 Å². The van der Waals surface area contributed by atoms with Gasteiger partial charge in [0.25, 0.3) is 0 Å². The molecule has 0 aromatic heterocycles. The number of rotatable bonds is 1. The van der Waals surface area contributed by atoms with Crippen LogP contribution in [0.25, 0.3) is 0 Å². The first-order valence-electron chi connectivity index (χ1n) is 4.36. The number of fused-ring (bicyclic) bond motifs is 2. The van der Waals surface area contributed by atoms with Gasteiger partial charge >= 0.3 is 0 Å². The molecule has 3 heteroatoms. The van der Waals surface area contributed by atoms with Gasteiger partial charge in [0.2, 0.25) is 0 Å². The fourth-order valence-electron chi connectivity index (χ4n) is 2.38. The summed E-state index contributed by atoms with van der Waals surface area (Å²) in [6.07, 6.45) is 1.06. The van der Waals surface area contributed by atoms with Crippen LogP contribution in [-0.2, 0) is 4.74 Å². The lowest BCUT2D eigenvalue weighted by atomic mass is 9.84. The van der Waals surface area contributed by atoms with Gasteiger partial charge in [0.1, 0.15) is 7.85 Å². The number of hydrogen-bond acceptors (Lipinski definition) is 2. The van der Waals surface area contributed by atoms with Crippen LogP contribution in [0.4, 0.5) is 0 Å². The molecule has 4 atom stereocenters. The highest BCUT2D eigenvalue weighted by Gasteiger charge is 2.54. The lowest BCUT2D eigenvalue weighted by molar-refractivity contribution is -0.0388. The second-order valence-electron chi connectivity index (χ2n) is 3.70. The summed E-state index contributed by atoms with van der Waals surface area (Å²) in [5, 5.41) is 3.40. The molecular formula is C8H14BNO. The van der Waals surface area contributed by atoms with Gasteiger partial charge < -0.3 is 10.1 Å². The van der Waals surface area contributed by atoms with Gasteiger partial charge in [-0.1, -0.05) is 13.8 Å². The summed E-state index contributed by atoms with van der Waals surface area (Å²) in [7, 11) is 5.79. The lowest BCUT2D eigenvalue weighted by Gasteiger charge is -2.30. The maximum absolute atomic E-state index is 5.79. The fraction of sp³-hybridized carbons (Fsp3) is 1.00. The summed E-state index contributed by atoms with van der Waals surface area (Å²) in [6.45, 7) is 5.36. The van der Waals surface area contributed by atoms with E-state index in [0.29, 0.717) is 12.0 Å². The molecule has 2 nitrogen and oxygen atoms in total. The van der Waals surface area contributed by atoms with E-state index in [4.69, 9.17) is 12.6 Å². The highest BCUT2D eigenvalue weighted by molar-refractivity contribution is 6.11. The molecule has 2 aliphatic rings. The lowest BCUT2D eigenvalue weighted by Crippen LogP contribution is -2.44. The molecule has 60 valence electrons. The summed E-state index contributed by atoms with van der Waals surface area (Å²) in [6, 6.07) is 0.300. The third-order valence-electron chi connectivity index (χ3n) is 3.33. The van der Waals surface area contributed by atoms with E-state index >= 15 is 0 Å². The van der Waals surface area contributed by atoms with Crippen LogP contribution in [-0.4, -0.2) is 32.0 Å². The van der Waals surface area contributed by atoms with Crippen LogP contribution in [0.5, 0.6) is 0 Å². The highest BCUT2D eigenvalue weighted by atomic mass is 16.5. The average molecular weight is 151 g/mol. The predicted octanol–water partition coefficient (Wildman–Crippen LogP) is 0.268. The molecule has 11 heavy (non-hydrogen) atoms. The topological polar surface area (TPSA) is 21.3 Å². The van der Waals surface area contributed by atoms with Crippen molar-refractivity contribution in [3.8, 4) is 0 Å². The molecule has 2 radical (unpaired) electrons. The van der Waals surface area contributed by atoms with Gasteiger partial charge in [-0.3, -0.25) is 0 Å². The Morgan fingerprint density at radius 1 is 1.73 bits per heavy atom. The highest BCUT2D eigenvalue weighted by Crippen LogP contribution is 2.41. The molecule has 2 saturated heterocycles. The molecule has 2 heterocycles. The maximum atomic E-state index is 5.79. The summed E-state index contributed by atoms with van der Waals surface area (Å²) < 4.78 is 5.72. The van der Waals surface area contributed by atoms with Crippen molar-refractivity contribution in [1.82, 2.24) is 5.32 Å². The van der Waals surface area contributed by atoms with E-state index in [1.807, 2.05) is 0 Å². The van der Waals surface area contributed by atoms with Gasteiger partial charge in [0, 0.05) is 24.5 Å². The Labute approximate surface area is 69.1 Å². The largest absolute Gasteiger partial charge is 0.378 e. The summed E-state index contributed by atoms with van der Waals surface area (Å²) in [5.41, 5.74) is 0.0457.